The molecule has 110 valence electrons. The van der Waals surface area contributed by atoms with Crippen molar-refractivity contribution in [2.45, 2.75) is 13.5 Å². The fraction of sp³-hybridized carbons (Fsp3) is 0.231. The lowest BCUT2D eigenvalue weighted by Gasteiger charge is -2.05. The molecule has 2 aromatic heterocycles. The Bertz CT molecular complexity index is 653. The van der Waals surface area contributed by atoms with Crippen LogP contribution in [0.5, 0.6) is 5.88 Å². The zero-order valence-corrected chi connectivity index (χ0v) is 11.2. The number of amides is 1. The Labute approximate surface area is 119 Å². The van der Waals surface area contributed by atoms with Gasteiger partial charge in [0.1, 0.15) is 5.76 Å². The molecule has 8 nitrogen and oxygen atoms in total. The van der Waals surface area contributed by atoms with Crippen LogP contribution in [0, 0.1) is 6.92 Å². The second-order valence-corrected chi connectivity index (χ2v) is 4.18. The summed E-state index contributed by atoms with van der Waals surface area (Å²) < 4.78 is 9.90. The Morgan fingerprint density at radius 3 is 2.90 bits per heavy atom. The lowest BCUT2D eigenvalue weighted by molar-refractivity contribution is -0.123. The normalized spacial score (nSPS) is 10.1. The molecule has 21 heavy (non-hydrogen) atoms. The Balaban J connectivity index is 1.81. The third-order valence-corrected chi connectivity index (χ3v) is 2.49. The first kappa shape index (κ1) is 14.5. The third-order valence-electron chi connectivity index (χ3n) is 2.49. The minimum Gasteiger partial charge on any atom is -0.478 e. The van der Waals surface area contributed by atoms with Gasteiger partial charge in [0.15, 0.2) is 6.61 Å². The van der Waals surface area contributed by atoms with Crippen molar-refractivity contribution < 1.29 is 24.0 Å². The van der Waals surface area contributed by atoms with Crippen LogP contribution < -0.4 is 10.1 Å². The van der Waals surface area contributed by atoms with Gasteiger partial charge >= 0.3 is 5.97 Å². The molecular weight excluding hydrogens is 278 g/mol. The quantitative estimate of drug-likeness (QED) is 0.807. The number of nitrogens with one attached hydrogen (secondary N) is 1. The van der Waals surface area contributed by atoms with Crippen molar-refractivity contribution >= 4 is 11.9 Å². The summed E-state index contributed by atoms with van der Waals surface area (Å²) >= 11 is 0. The highest BCUT2D eigenvalue weighted by Gasteiger charge is 2.08. The lowest BCUT2D eigenvalue weighted by Crippen LogP contribution is -2.28. The highest BCUT2D eigenvalue weighted by atomic mass is 16.5. The maximum absolute atomic E-state index is 11.6. The lowest BCUT2D eigenvalue weighted by atomic mass is 10.2. The summed E-state index contributed by atoms with van der Waals surface area (Å²) in [6.45, 7) is 1.60. The molecule has 0 aliphatic rings. The van der Waals surface area contributed by atoms with Crippen molar-refractivity contribution in [3.8, 4) is 5.88 Å². The number of carbonyl (C=O) groups excluding carboxylic acids is 1. The maximum Gasteiger partial charge on any atom is 0.335 e. The summed E-state index contributed by atoms with van der Waals surface area (Å²) in [5, 5.41) is 15.0. The van der Waals surface area contributed by atoms with Crippen LogP contribution in [0.2, 0.25) is 0 Å². The van der Waals surface area contributed by atoms with Crippen LogP contribution in [0.4, 0.5) is 0 Å². The molecule has 0 spiro atoms. The molecular formula is C13H13N3O5. The fourth-order valence-corrected chi connectivity index (χ4v) is 1.50. The number of hydrogen-bond donors (Lipinski definition) is 2. The van der Waals surface area contributed by atoms with Crippen molar-refractivity contribution in [2.24, 2.45) is 0 Å². The number of carboxylic acid groups (broad SMARTS) is 1. The molecule has 0 radical (unpaired) electrons. The van der Waals surface area contributed by atoms with Gasteiger partial charge in [0, 0.05) is 12.3 Å². The van der Waals surface area contributed by atoms with Crippen molar-refractivity contribution in [1.82, 2.24) is 15.5 Å². The van der Waals surface area contributed by atoms with Crippen LogP contribution in [0.1, 0.15) is 21.8 Å². The molecule has 2 aromatic rings. The standard InChI is InChI=1S/C13H13N3O5/c1-8-4-12(16-21-8)20-7-11(17)15-6-10-5-9(13(18)19)2-3-14-10/h2-5H,6-7H2,1H3,(H,15,17)(H,18,19). The van der Waals surface area contributed by atoms with E-state index in [2.05, 4.69) is 15.5 Å². The first-order chi connectivity index (χ1) is 10.0. The number of aromatic nitrogens is 2. The average molecular weight is 291 g/mol. The largest absolute Gasteiger partial charge is 0.478 e. The van der Waals surface area contributed by atoms with E-state index in [0.717, 1.165) is 0 Å². The second-order valence-electron chi connectivity index (χ2n) is 4.18. The van der Waals surface area contributed by atoms with Crippen LogP contribution in [-0.2, 0) is 11.3 Å². The number of pyridine rings is 1. The van der Waals surface area contributed by atoms with Gasteiger partial charge in [-0.1, -0.05) is 0 Å². The summed E-state index contributed by atoms with van der Waals surface area (Å²) in [7, 11) is 0. The predicted molar refractivity (Wildman–Crippen MR) is 69.8 cm³/mol. The number of carbonyl (C=O) groups is 2. The van der Waals surface area contributed by atoms with Crippen LogP contribution in [0.3, 0.4) is 0 Å². The molecule has 0 aliphatic carbocycles. The van der Waals surface area contributed by atoms with Gasteiger partial charge in [0.05, 0.1) is 17.8 Å². The van der Waals surface area contributed by atoms with Gasteiger partial charge in [-0.15, -0.1) is 0 Å². The minimum atomic E-state index is -1.05. The molecule has 0 bridgehead atoms. The molecule has 0 atom stereocenters. The van der Waals surface area contributed by atoms with Crippen molar-refractivity contribution in [1.29, 1.82) is 0 Å². The van der Waals surface area contributed by atoms with Gasteiger partial charge in [-0.3, -0.25) is 9.78 Å². The van der Waals surface area contributed by atoms with E-state index in [9.17, 15) is 9.59 Å². The SMILES string of the molecule is Cc1cc(OCC(=O)NCc2cc(C(=O)O)ccn2)no1. The zero-order valence-electron chi connectivity index (χ0n) is 11.2. The highest BCUT2D eigenvalue weighted by Crippen LogP contribution is 2.09. The zero-order chi connectivity index (χ0) is 15.2. The van der Waals surface area contributed by atoms with Gasteiger partial charge in [0.2, 0.25) is 0 Å². The number of ether oxygens (including phenoxy) is 1. The maximum atomic E-state index is 11.6. The molecule has 2 rings (SSSR count). The van der Waals surface area contributed by atoms with Gasteiger partial charge in [-0.05, 0) is 24.2 Å². The third kappa shape index (κ3) is 4.30. The predicted octanol–water partition coefficient (Wildman–Crippen LogP) is 0.771. The molecule has 0 fully saturated rings. The molecule has 0 aliphatic heterocycles. The molecule has 0 saturated heterocycles. The molecule has 0 unspecified atom stereocenters. The summed E-state index contributed by atoms with van der Waals surface area (Å²) in [5.74, 6) is -0.610. The average Bonchev–Trinajstić information content (AvgIpc) is 2.89. The van der Waals surface area contributed by atoms with Crippen LogP contribution in [-0.4, -0.2) is 33.7 Å². The van der Waals surface area contributed by atoms with E-state index in [1.165, 1.54) is 18.3 Å². The van der Waals surface area contributed by atoms with Gasteiger partial charge < -0.3 is 19.7 Å². The van der Waals surface area contributed by atoms with Crippen LogP contribution in [0.25, 0.3) is 0 Å². The number of nitrogens with zero attached hydrogens (tertiary/aromatic N) is 2. The Hall–Kier alpha value is -2.90. The molecule has 2 N–H and O–H groups in total. The minimum absolute atomic E-state index is 0.112. The first-order valence-electron chi connectivity index (χ1n) is 6.05. The van der Waals surface area contributed by atoms with Crippen molar-refractivity contribution in [3.05, 3.63) is 41.4 Å². The monoisotopic (exact) mass is 291 g/mol. The van der Waals surface area contributed by atoms with Gasteiger partial charge in [0.25, 0.3) is 11.8 Å². The van der Waals surface area contributed by atoms with Gasteiger partial charge in [-0.25, -0.2) is 4.79 Å². The Morgan fingerprint density at radius 2 is 2.24 bits per heavy atom. The molecule has 0 aromatic carbocycles. The Kier molecular flexibility index (Phi) is 4.50. The van der Waals surface area contributed by atoms with E-state index in [-0.39, 0.29) is 30.5 Å². The van der Waals surface area contributed by atoms with Gasteiger partial charge in [-0.2, -0.15) is 0 Å². The summed E-state index contributed by atoms with van der Waals surface area (Å²) in [6.07, 6.45) is 1.37. The van der Waals surface area contributed by atoms with E-state index >= 15 is 0 Å². The summed E-state index contributed by atoms with van der Waals surface area (Å²) in [4.78, 5) is 26.3. The topological polar surface area (TPSA) is 115 Å². The first-order valence-corrected chi connectivity index (χ1v) is 6.05. The van der Waals surface area contributed by atoms with Crippen molar-refractivity contribution in [3.63, 3.8) is 0 Å². The molecule has 0 saturated carbocycles. The summed E-state index contributed by atoms with van der Waals surface area (Å²) in [5.41, 5.74) is 0.559. The van der Waals surface area contributed by atoms with E-state index in [1.807, 2.05) is 0 Å². The molecule has 2 heterocycles. The van der Waals surface area contributed by atoms with E-state index in [4.69, 9.17) is 14.4 Å². The van der Waals surface area contributed by atoms with Crippen LogP contribution in [0.15, 0.2) is 28.9 Å². The number of hydrogen-bond acceptors (Lipinski definition) is 6. The van der Waals surface area contributed by atoms with E-state index < -0.39 is 5.97 Å². The fourth-order valence-electron chi connectivity index (χ4n) is 1.50. The number of rotatable bonds is 6. The number of aryl methyl sites for hydroxylation is 1. The smallest absolute Gasteiger partial charge is 0.335 e. The molecule has 1 amide bonds. The number of aromatic carboxylic acids is 1. The number of carboxylic acids is 1. The second kappa shape index (κ2) is 6.51. The van der Waals surface area contributed by atoms with Crippen LogP contribution >= 0.6 is 0 Å². The van der Waals surface area contributed by atoms with E-state index in [1.54, 1.807) is 13.0 Å². The van der Waals surface area contributed by atoms with E-state index in [0.29, 0.717) is 11.5 Å². The molecule has 8 heteroatoms. The summed E-state index contributed by atoms with van der Waals surface area (Å²) in [6, 6.07) is 4.33. The Morgan fingerprint density at radius 1 is 1.43 bits per heavy atom. The van der Waals surface area contributed by atoms with Crippen molar-refractivity contribution in [2.75, 3.05) is 6.61 Å². The highest BCUT2D eigenvalue weighted by molar-refractivity contribution is 5.87.